The molecule has 0 aliphatic heterocycles. The van der Waals surface area contributed by atoms with Gasteiger partial charge in [0.05, 0.1) is 40.1 Å². The molecule has 28 heavy (non-hydrogen) atoms. The minimum atomic E-state index is -1.17. The molecule has 150 valence electrons. The van der Waals surface area contributed by atoms with Gasteiger partial charge in [0.25, 0.3) is 0 Å². The number of aromatic carboxylic acids is 1. The van der Waals surface area contributed by atoms with Crippen molar-refractivity contribution in [3.8, 4) is 11.5 Å². The molecular formula is C18H16Cl2INO6. The number of carboxylic acid groups (broad SMARTS) is 1. The van der Waals surface area contributed by atoms with Gasteiger partial charge in [0.15, 0.2) is 0 Å². The van der Waals surface area contributed by atoms with Crippen molar-refractivity contribution in [1.29, 1.82) is 0 Å². The summed E-state index contributed by atoms with van der Waals surface area (Å²) in [7, 11) is 2.73. The summed E-state index contributed by atoms with van der Waals surface area (Å²) in [5.41, 5.74) is 0.272. The van der Waals surface area contributed by atoms with Gasteiger partial charge in [-0.25, -0.2) is 9.59 Å². The monoisotopic (exact) mass is 539 g/mol. The van der Waals surface area contributed by atoms with Crippen molar-refractivity contribution >= 4 is 63.5 Å². The number of hydrogen-bond donors (Lipinski definition) is 1. The van der Waals surface area contributed by atoms with Crippen LogP contribution in [0, 0.1) is 3.57 Å². The molecule has 0 saturated carbocycles. The van der Waals surface area contributed by atoms with Crippen molar-refractivity contribution < 1.29 is 28.9 Å². The second kappa shape index (κ2) is 10.1. The molecule has 0 aliphatic rings. The minimum absolute atomic E-state index is 0.0375. The van der Waals surface area contributed by atoms with Crippen molar-refractivity contribution in [2.75, 3.05) is 32.3 Å². The molecule has 0 heterocycles. The van der Waals surface area contributed by atoms with E-state index in [2.05, 4.69) is 0 Å². The third kappa shape index (κ3) is 5.40. The molecule has 2 rings (SSSR count). The minimum Gasteiger partial charge on any atom is -0.478 e. The summed E-state index contributed by atoms with van der Waals surface area (Å²) >= 11 is 13.9. The van der Waals surface area contributed by atoms with Crippen molar-refractivity contribution in [2.24, 2.45) is 0 Å². The van der Waals surface area contributed by atoms with Crippen LogP contribution < -0.4 is 9.64 Å². The molecule has 2 aromatic carbocycles. The molecule has 1 N–H and O–H groups in total. The first kappa shape index (κ1) is 22.5. The highest BCUT2D eigenvalue weighted by atomic mass is 127. The molecule has 7 nitrogen and oxygen atoms in total. The summed E-state index contributed by atoms with van der Waals surface area (Å²) in [5.74, 6) is -0.700. The van der Waals surface area contributed by atoms with Gasteiger partial charge in [-0.3, -0.25) is 4.90 Å². The van der Waals surface area contributed by atoms with Gasteiger partial charge in [-0.1, -0.05) is 23.2 Å². The number of carboxylic acids is 1. The number of rotatable bonds is 7. The largest absolute Gasteiger partial charge is 0.478 e. The molecule has 0 aliphatic carbocycles. The van der Waals surface area contributed by atoms with Crippen molar-refractivity contribution in [1.82, 2.24) is 0 Å². The van der Waals surface area contributed by atoms with Crippen LogP contribution in [0.4, 0.5) is 10.5 Å². The Labute approximate surface area is 185 Å². The topological polar surface area (TPSA) is 85.3 Å². The van der Waals surface area contributed by atoms with Crippen LogP contribution >= 0.6 is 45.8 Å². The number of nitrogens with zero attached hydrogens (tertiary/aromatic N) is 1. The number of carbonyl (C=O) groups excluding carboxylic acids is 1. The molecular weight excluding hydrogens is 524 g/mol. The maximum Gasteiger partial charge on any atom is 0.414 e. The lowest BCUT2D eigenvalue weighted by Crippen LogP contribution is -2.34. The fourth-order valence-electron chi connectivity index (χ4n) is 2.28. The number of halogens is 3. The smallest absolute Gasteiger partial charge is 0.414 e. The lowest BCUT2D eigenvalue weighted by molar-refractivity contribution is 0.0695. The van der Waals surface area contributed by atoms with Gasteiger partial charge in [-0.15, -0.1) is 0 Å². The van der Waals surface area contributed by atoms with Crippen LogP contribution in [-0.2, 0) is 9.47 Å². The van der Waals surface area contributed by atoms with E-state index in [1.54, 1.807) is 12.1 Å². The summed E-state index contributed by atoms with van der Waals surface area (Å²) in [5, 5.41) is 10.3. The SMILES string of the molecule is COCCN(C(=O)OC)c1cc(Oc2ccc(Cl)cc2Cl)cc(C(=O)O)c1I. The predicted octanol–water partition coefficient (Wildman–Crippen LogP) is 5.31. The molecule has 0 spiro atoms. The van der Waals surface area contributed by atoms with Gasteiger partial charge in [-0.05, 0) is 46.9 Å². The summed E-state index contributed by atoms with van der Waals surface area (Å²) < 4.78 is 15.9. The summed E-state index contributed by atoms with van der Waals surface area (Å²) in [4.78, 5) is 25.2. The van der Waals surface area contributed by atoms with E-state index in [0.717, 1.165) is 0 Å². The molecule has 0 bridgehead atoms. The Morgan fingerprint density at radius 3 is 2.46 bits per heavy atom. The van der Waals surface area contributed by atoms with Gasteiger partial charge in [0, 0.05) is 18.2 Å². The van der Waals surface area contributed by atoms with E-state index in [0.29, 0.717) is 14.3 Å². The lowest BCUT2D eigenvalue weighted by Gasteiger charge is -2.23. The number of hydrogen-bond acceptors (Lipinski definition) is 5. The van der Waals surface area contributed by atoms with Crippen LogP contribution in [0.25, 0.3) is 0 Å². The fourth-order valence-corrected chi connectivity index (χ4v) is 3.56. The molecule has 0 radical (unpaired) electrons. The van der Waals surface area contributed by atoms with E-state index in [9.17, 15) is 14.7 Å². The zero-order valence-electron chi connectivity index (χ0n) is 14.9. The van der Waals surface area contributed by atoms with Crippen LogP contribution in [0.2, 0.25) is 10.0 Å². The van der Waals surface area contributed by atoms with E-state index in [4.69, 9.17) is 37.4 Å². The number of benzene rings is 2. The first-order chi connectivity index (χ1) is 13.3. The van der Waals surface area contributed by atoms with Crippen molar-refractivity contribution in [2.45, 2.75) is 0 Å². The fraction of sp³-hybridized carbons (Fsp3) is 0.222. The third-order valence-corrected chi connectivity index (χ3v) is 5.25. The van der Waals surface area contributed by atoms with Gasteiger partial charge >= 0.3 is 12.1 Å². The van der Waals surface area contributed by atoms with Crippen LogP contribution in [-0.4, -0.2) is 44.5 Å². The Hall–Kier alpha value is -1.75. The molecule has 10 heteroatoms. The average Bonchev–Trinajstić information content (AvgIpc) is 2.65. The first-order valence-corrected chi connectivity index (χ1v) is 9.66. The van der Waals surface area contributed by atoms with Gasteiger partial charge in [0.1, 0.15) is 11.5 Å². The predicted molar refractivity (Wildman–Crippen MR) is 114 cm³/mol. The average molecular weight is 540 g/mol. The van der Waals surface area contributed by atoms with Crippen molar-refractivity contribution in [3.05, 3.63) is 49.5 Å². The standard InChI is InChI=1S/C18H16Cl2INO6/c1-26-6-5-22(18(25)27-2)14-9-11(8-12(16(14)21)17(23)24)28-15-4-3-10(19)7-13(15)20/h3-4,7-9H,5-6H2,1-2H3,(H,23,24). The van der Waals surface area contributed by atoms with Crippen LogP contribution in [0.1, 0.15) is 10.4 Å². The van der Waals surface area contributed by atoms with Crippen LogP contribution in [0.3, 0.4) is 0 Å². The third-order valence-electron chi connectivity index (χ3n) is 3.58. The highest BCUT2D eigenvalue weighted by Gasteiger charge is 2.24. The Morgan fingerprint density at radius 1 is 1.18 bits per heavy atom. The Kier molecular flexibility index (Phi) is 8.17. The molecule has 0 atom stereocenters. The van der Waals surface area contributed by atoms with E-state index in [-0.39, 0.29) is 35.2 Å². The molecule has 1 amide bonds. The van der Waals surface area contributed by atoms with E-state index < -0.39 is 12.1 Å². The zero-order valence-corrected chi connectivity index (χ0v) is 18.5. The molecule has 2 aromatic rings. The highest BCUT2D eigenvalue weighted by molar-refractivity contribution is 14.1. The molecule has 0 unspecified atom stereocenters. The lowest BCUT2D eigenvalue weighted by atomic mass is 10.1. The maximum absolute atomic E-state index is 12.2. The number of anilines is 1. The second-order valence-electron chi connectivity index (χ2n) is 5.40. The van der Waals surface area contributed by atoms with E-state index >= 15 is 0 Å². The van der Waals surface area contributed by atoms with Crippen LogP contribution in [0.15, 0.2) is 30.3 Å². The van der Waals surface area contributed by atoms with Gasteiger partial charge in [-0.2, -0.15) is 0 Å². The maximum atomic E-state index is 12.2. The summed E-state index contributed by atoms with van der Waals surface area (Å²) in [6.07, 6.45) is -0.659. The Morgan fingerprint density at radius 2 is 1.89 bits per heavy atom. The number of methoxy groups -OCH3 is 2. The summed E-state index contributed by atoms with van der Waals surface area (Å²) in [6, 6.07) is 7.54. The van der Waals surface area contributed by atoms with Gasteiger partial charge < -0.3 is 19.3 Å². The van der Waals surface area contributed by atoms with E-state index in [1.165, 1.54) is 37.3 Å². The molecule has 0 aromatic heterocycles. The molecule has 0 saturated heterocycles. The quantitative estimate of drug-likeness (QED) is 0.480. The highest BCUT2D eigenvalue weighted by Crippen LogP contribution is 2.36. The number of carbonyl (C=O) groups is 2. The summed E-state index contributed by atoms with van der Waals surface area (Å²) in [6.45, 7) is 0.380. The molecule has 0 fully saturated rings. The van der Waals surface area contributed by atoms with E-state index in [1.807, 2.05) is 22.6 Å². The zero-order chi connectivity index (χ0) is 20.8. The first-order valence-electron chi connectivity index (χ1n) is 7.82. The van der Waals surface area contributed by atoms with Crippen LogP contribution in [0.5, 0.6) is 11.5 Å². The number of ether oxygens (including phenoxy) is 3. The Balaban J connectivity index is 2.55. The normalized spacial score (nSPS) is 10.5. The van der Waals surface area contributed by atoms with Crippen molar-refractivity contribution in [3.63, 3.8) is 0 Å². The Bertz CT molecular complexity index is 893. The second-order valence-corrected chi connectivity index (χ2v) is 7.32. The number of amides is 1. The van der Waals surface area contributed by atoms with Gasteiger partial charge in [0.2, 0.25) is 0 Å².